The van der Waals surface area contributed by atoms with Crippen LogP contribution in [0.3, 0.4) is 0 Å². The maximum absolute atomic E-state index is 11.3. The number of H-pyrrole nitrogens is 1. The van der Waals surface area contributed by atoms with Crippen LogP contribution in [-0.2, 0) is 4.79 Å². The second kappa shape index (κ2) is 5.31. The number of aromatic nitrogens is 2. The molecule has 0 spiro atoms. The number of nitrogens with one attached hydrogen (secondary N) is 3. The molecule has 1 aromatic rings. The van der Waals surface area contributed by atoms with Gasteiger partial charge in [-0.05, 0) is 28.8 Å². The van der Waals surface area contributed by atoms with Gasteiger partial charge in [-0.25, -0.2) is 4.98 Å². The fourth-order valence-corrected chi connectivity index (χ4v) is 1.72. The van der Waals surface area contributed by atoms with E-state index >= 15 is 0 Å². The highest BCUT2D eigenvalue weighted by atomic mass is 79.9. The minimum Gasteiger partial charge on any atom is -0.367 e. The molecule has 0 saturated heterocycles. The minimum atomic E-state index is -0.232. The van der Waals surface area contributed by atoms with Crippen molar-refractivity contribution < 1.29 is 4.79 Å². The molecule has 17 heavy (non-hydrogen) atoms. The van der Waals surface area contributed by atoms with E-state index in [9.17, 15) is 9.59 Å². The van der Waals surface area contributed by atoms with Gasteiger partial charge >= 0.3 is 0 Å². The van der Waals surface area contributed by atoms with E-state index in [1.54, 1.807) is 0 Å². The van der Waals surface area contributed by atoms with Crippen molar-refractivity contribution in [1.29, 1.82) is 0 Å². The molecule has 92 valence electrons. The predicted octanol–water partition coefficient (Wildman–Crippen LogP) is 0.470. The molecule has 1 aliphatic rings. The average Bonchev–Trinajstić information content (AvgIpc) is 3.13. The Hall–Kier alpha value is -1.37. The van der Waals surface area contributed by atoms with E-state index in [2.05, 4.69) is 36.5 Å². The van der Waals surface area contributed by atoms with E-state index in [0.717, 1.165) is 12.8 Å². The Morgan fingerprint density at radius 3 is 3.00 bits per heavy atom. The molecule has 2 rings (SSSR count). The summed E-state index contributed by atoms with van der Waals surface area (Å²) in [6.45, 7) is 1.06. The van der Waals surface area contributed by atoms with Crippen LogP contribution in [0.5, 0.6) is 0 Å². The summed E-state index contributed by atoms with van der Waals surface area (Å²) in [6.07, 6.45) is 3.33. The third kappa shape index (κ3) is 3.29. The number of carbonyl (C=O) groups is 1. The number of aromatic amines is 1. The Bertz CT molecular complexity index is 470. The molecule has 1 amide bonds. The van der Waals surface area contributed by atoms with E-state index in [1.165, 1.54) is 6.33 Å². The zero-order chi connectivity index (χ0) is 12.3. The summed E-state index contributed by atoms with van der Waals surface area (Å²) < 4.78 is 0.369. The lowest BCUT2D eigenvalue weighted by atomic mass is 10.4. The van der Waals surface area contributed by atoms with Crippen molar-refractivity contribution in [2.75, 3.05) is 18.4 Å². The molecule has 7 heteroatoms. The van der Waals surface area contributed by atoms with Gasteiger partial charge in [0.2, 0.25) is 5.91 Å². The topological polar surface area (TPSA) is 86.9 Å². The SMILES string of the molecule is O=C(NCCNc1nc[nH]c(=O)c1Br)C1CC1. The number of halogens is 1. The lowest BCUT2D eigenvalue weighted by Gasteiger charge is -2.07. The van der Waals surface area contributed by atoms with Crippen LogP contribution < -0.4 is 16.2 Å². The van der Waals surface area contributed by atoms with E-state index < -0.39 is 0 Å². The number of hydrogen-bond acceptors (Lipinski definition) is 4. The normalized spacial score (nSPS) is 14.4. The molecule has 6 nitrogen and oxygen atoms in total. The van der Waals surface area contributed by atoms with Crippen molar-refractivity contribution in [2.24, 2.45) is 5.92 Å². The van der Waals surface area contributed by atoms with Gasteiger partial charge in [0.25, 0.3) is 5.56 Å². The molecule has 0 radical (unpaired) electrons. The third-order valence-corrected chi connectivity index (χ3v) is 3.20. The molecule has 1 saturated carbocycles. The number of nitrogens with zero attached hydrogens (tertiary/aromatic N) is 1. The standard InChI is InChI=1S/C10H13BrN4O2/c11-7-8(14-5-15-10(7)17)12-3-4-13-9(16)6-1-2-6/h5-6H,1-4H2,(H,13,16)(H2,12,14,15,17). The molecule has 3 N–H and O–H groups in total. The summed E-state index contributed by atoms with van der Waals surface area (Å²) in [4.78, 5) is 29.0. The number of anilines is 1. The molecule has 1 aliphatic carbocycles. The van der Waals surface area contributed by atoms with Gasteiger partial charge in [-0.2, -0.15) is 0 Å². The van der Waals surface area contributed by atoms with Crippen molar-refractivity contribution >= 4 is 27.7 Å². The molecule has 0 atom stereocenters. The number of rotatable bonds is 5. The monoisotopic (exact) mass is 300 g/mol. The number of amides is 1. The number of hydrogen-bond donors (Lipinski definition) is 3. The second-order valence-electron chi connectivity index (χ2n) is 3.89. The zero-order valence-corrected chi connectivity index (χ0v) is 10.7. The first kappa shape index (κ1) is 12.1. The second-order valence-corrected chi connectivity index (χ2v) is 4.68. The van der Waals surface area contributed by atoms with Crippen LogP contribution in [0.25, 0.3) is 0 Å². The van der Waals surface area contributed by atoms with Gasteiger partial charge in [-0.3, -0.25) is 9.59 Å². The van der Waals surface area contributed by atoms with Gasteiger partial charge in [0.1, 0.15) is 10.3 Å². The van der Waals surface area contributed by atoms with Crippen LogP contribution in [0.4, 0.5) is 5.82 Å². The summed E-state index contributed by atoms with van der Waals surface area (Å²) in [5, 5.41) is 5.79. The molecule has 1 aromatic heterocycles. The van der Waals surface area contributed by atoms with Crippen LogP contribution in [-0.4, -0.2) is 29.0 Å². The van der Waals surface area contributed by atoms with Gasteiger partial charge < -0.3 is 15.6 Å². The van der Waals surface area contributed by atoms with Crippen molar-refractivity contribution in [3.05, 3.63) is 21.2 Å². The van der Waals surface area contributed by atoms with Crippen LogP contribution in [0.15, 0.2) is 15.6 Å². The number of carbonyl (C=O) groups excluding carboxylic acids is 1. The molecular formula is C10H13BrN4O2. The fraction of sp³-hybridized carbons (Fsp3) is 0.500. The Labute approximate surface area is 106 Å². The largest absolute Gasteiger partial charge is 0.367 e. The summed E-state index contributed by atoms with van der Waals surface area (Å²) in [7, 11) is 0. The maximum atomic E-state index is 11.3. The van der Waals surface area contributed by atoms with E-state index in [4.69, 9.17) is 0 Å². The fourth-order valence-electron chi connectivity index (χ4n) is 1.36. The van der Waals surface area contributed by atoms with Gasteiger partial charge in [-0.1, -0.05) is 0 Å². The van der Waals surface area contributed by atoms with Gasteiger partial charge in [0, 0.05) is 19.0 Å². The van der Waals surface area contributed by atoms with Crippen molar-refractivity contribution in [1.82, 2.24) is 15.3 Å². The quantitative estimate of drug-likeness (QED) is 0.690. The Morgan fingerprint density at radius 1 is 1.53 bits per heavy atom. The van der Waals surface area contributed by atoms with Crippen LogP contribution in [0, 0.1) is 5.92 Å². The summed E-state index contributed by atoms with van der Waals surface area (Å²) >= 11 is 3.14. The van der Waals surface area contributed by atoms with Crippen molar-refractivity contribution in [3.63, 3.8) is 0 Å². The molecule has 0 unspecified atom stereocenters. The minimum absolute atomic E-state index is 0.115. The van der Waals surface area contributed by atoms with Crippen molar-refractivity contribution in [2.45, 2.75) is 12.8 Å². The predicted molar refractivity (Wildman–Crippen MR) is 66.8 cm³/mol. The summed E-state index contributed by atoms with van der Waals surface area (Å²) in [5.41, 5.74) is -0.232. The molecule has 1 fully saturated rings. The summed E-state index contributed by atoms with van der Waals surface area (Å²) in [5.74, 6) is 0.818. The van der Waals surface area contributed by atoms with Crippen LogP contribution >= 0.6 is 15.9 Å². The first-order valence-corrected chi connectivity index (χ1v) is 6.22. The third-order valence-electron chi connectivity index (χ3n) is 2.46. The lowest BCUT2D eigenvalue weighted by Crippen LogP contribution is -2.30. The smallest absolute Gasteiger partial charge is 0.267 e. The highest BCUT2D eigenvalue weighted by Gasteiger charge is 2.28. The molecular weight excluding hydrogens is 288 g/mol. The molecule has 0 bridgehead atoms. The highest BCUT2D eigenvalue weighted by molar-refractivity contribution is 9.10. The highest BCUT2D eigenvalue weighted by Crippen LogP contribution is 2.28. The molecule has 0 aromatic carbocycles. The first-order chi connectivity index (χ1) is 8.18. The van der Waals surface area contributed by atoms with Crippen LogP contribution in [0.2, 0.25) is 0 Å². The Balaban J connectivity index is 1.76. The summed E-state index contributed by atoms with van der Waals surface area (Å²) in [6, 6.07) is 0. The maximum Gasteiger partial charge on any atom is 0.267 e. The first-order valence-electron chi connectivity index (χ1n) is 5.43. The van der Waals surface area contributed by atoms with E-state index in [1.807, 2.05) is 0 Å². The van der Waals surface area contributed by atoms with Crippen molar-refractivity contribution in [3.8, 4) is 0 Å². The lowest BCUT2D eigenvalue weighted by molar-refractivity contribution is -0.122. The van der Waals surface area contributed by atoms with Gasteiger partial charge in [0.05, 0.1) is 6.33 Å². The van der Waals surface area contributed by atoms with E-state index in [0.29, 0.717) is 23.4 Å². The molecule has 1 heterocycles. The zero-order valence-electron chi connectivity index (χ0n) is 9.12. The Kier molecular flexibility index (Phi) is 3.78. The van der Waals surface area contributed by atoms with E-state index in [-0.39, 0.29) is 17.4 Å². The van der Waals surface area contributed by atoms with Crippen LogP contribution in [0.1, 0.15) is 12.8 Å². The average molecular weight is 301 g/mol. The van der Waals surface area contributed by atoms with Gasteiger partial charge in [0.15, 0.2) is 0 Å². The Morgan fingerprint density at radius 2 is 2.29 bits per heavy atom. The van der Waals surface area contributed by atoms with Gasteiger partial charge in [-0.15, -0.1) is 0 Å². The molecule has 0 aliphatic heterocycles.